The highest BCUT2D eigenvalue weighted by Gasteiger charge is 2.25. The number of halogens is 1. The highest BCUT2D eigenvalue weighted by molar-refractivity contribution is 6.31. The van der Waals surface area contributed by atoms with Crippen molar-refractivity contribution in [2.75, 3.05) is 12.4 Å². The molecule has 31 heavy (non-hydrogen) atoms. The standard InChI is InChI=1S/C22H22ClN7O/c1-26-17-8-13(23)5-6-15(17)19(25)18-11-28-21-20(30-18)16(10-27-21)22(31)29-14-4-2-3-12(7-14)9-24/h5-6,8,10-12,14,25-26H,2-4,7H2,1H3,(H,27,28)(H,29,31). The van der Waals surface area contributed by atoms with Gasteiger partial charge in [0.2, 0.25) is 0 Å². The Labute approximate surface area is 184 Å². The maximum atomic E-state index is 12.9. The molecule has 1 saturated carbocycles. The Morgan fingerprint density at radius 2 is 2.19 bits per heavy atom. The Morgan fingerprint density at radius 1 is 1.35 bits per heavy atom. The van der Waals surface area contributed by atoms with Gasteiger partial charge in [-0.25, -0.2) is 9.97 Å². The van der Waals surface area contributed by atoms with Gasteiger partial charge in [0.1, 0.15) is 11.2 Å². The Morgan fingerprint density at radius 3 is 2.97 bits per heavy atom. The van der Waals surface area contributed by atoms with E-state index in [0.29, 0.717) is 45.1 Å². The maximum Gasteiger partial charge on any atom is 0.255 e. The van der Waals surface area contributed by atoms with Gasteiger partial charge in [-0.05, 0) is 37.5 Å². The molecule has 2 aromatic heterocycles. The maximum absolute atomic E-state index is 12.9. The number of hydrogen-bond donors (Lipinski definition) is 4. The average molecular weight is 436 g/mol. The van der Waals surface area contributed by atoms with E-state index in [1.165, 1.54) is 6.20 Å². The average Bonchev–Trinajstić information content (AvgIpc) is 3.22. The van der Waals surface area contributed by atoms with E-state index in [0.717, 1.165) is 19.3 Å². The van der Waals surface area contributed by atoms with Crippen molar-refractivity contribution in [1.82, 2.24) is 20.3 Å². The summed E-state index contributed by atoms with van der Waals surface area (Å²) in [5.41, 5.74) is 3.12. The smallest absolute Gasteiger partial charge is 0.255 e. The third-order valence-electron chi connectivity index (χ3n) is 5.59. The molecule has 1 aliphatic carbocycles. The van der Waals surface area contributed by atoms with Gasteiger partial charge in [-0.15, -0.1) is 0 Å². The second kappa shape index (κ2) is 8.74. The first-order chi connectivity index (χ1) is 15.0. The Hall–Kier alpha value is -3.44. The molecular formula is C22H22ClN7O. The lowest BCUT2D eigenvalue weighted by molar-refractivity contribution is 0.0925. The highest BCUT2D eigenvalue weighted by Crippen LogP contribution is 2.25. The summed E-state index contributed by atoms with van der Waals surface area (Å²) in [5.74, 6) is -0.273. The number of nitriles is 1. The molecule has 1 amide bonds. The summed E-state index contributed by atoms with van der Waals surface area (Å²) in [4.78, 5) is 24.8. The number of anilines is 1. The molecule has 1 aromatic carbocycles. The summed E-state index contributed by atoms with van der Waals surface area (Å²) >= 11 is 6.06. The Kier molecular flexibility index (Phi) is 5.87. The minimum absolute atomic E-state index is 0.0189. The van der Waals surface area contributed by atoms with Crippen molar-refractivity contribution < 1.29 is 4.79 Å². The summed E-state index contributed by atoms with van der Waals surface area (Å²) in [6, 6.07) is 7.48. The third-order valence-corrected chi connectivity index (χ3v) is 5.83. The van der Waals surface area contributed by atoms with Crippen molar-refractivity contribution in [2.45, 2.75) is 31.7 Å². The fourth-order valence-electron chi connectivity index (χ4n) is 3.97. The van der Waals surface area contributed by atoms with Gasteiger partial charge in [0.15, 0.2) is 5.65 Å². The van der Waals surface area contributed by atoms with Crippen LogP contribution in [0.5, 0.6) is 0 Å². The van der Waals surface area contributed by atoms with E-state index in [1.807, 2.05) is 0 Å². The molecule has 1 aliphatic rings. The van der Waals surface area contributed by atoms with Gasteiger partial charge < -0.3 is 15.6 Å². The van der Waals surface area contributed by atoms with Crippen LogP contribution >= 0.6 is 11.6 Å². The first kappa shape index (κ1) is 20.8. The molecule has 9 heteroatoms. The number of carbonyl (C=O) groups is 1. The molecule has 0 aliphatic heterocycles. The number of aromatic nitrogens is 3. The normalized spacial score (nSPS) is 18.4. The van der Waals surface area contributed by atoms with Crippen molar-refractivity contribution in [2.24, 2.45) is 5.92 Å². The Bertz CT molecular complexity index is 1200. The summed E-state index contributed by atoms with van der Waals surface area (Å²) in [6.07, 6.45) is 6.42. The lowest BCUT2D eigenvalue weighted by Crippen LogP contribution is -2.38. The molecule has 0 spiro atoms. The van der Waals surface area contributed by atoms with E-state index in [-0.39, 0.29) is 23.6 Å². The largest absolute Gasteiger partial charge is 0.388 e. The first-order valence-corrected chi connectivity index (χ1v) is 10.5. The van der Waals surface area contributed by atoms with Crippen LogP contribution in [0.4, 0.5) is 5.69 Å². The quantitative estimate of drug-likeness (QED) is 0.452. The van der Waals surface area contributed by atoms with Crippen molar-refractivity contribution in [1.29, 1.82) is 10.7 Å². The fraction of sp³-hybridized carbons (Fsp3) is 0.318. The van der Waals surface area contributed by atoms with Crippen LogP contribution in [0.2, 0.25) is 5.02 Å². The molecule has 4 rings (SSSR count). The second-order valence-corrected chi connectivity index (χ2v) is 8.07. The van der Waals surface area contributed by atoms with E-state index in [4.69, 9.17) is 17.0 Å². The minimum atomic E-state index is -0.254. The van der Waals surface area contributed by atoms with Gasteiger partial charge >= 0.3 is 0 Å². The molecule has 4 N–H and O–H groups in total. The SMILES string of the molecule is CNc1cc(Cl)ccc1C(=N)c1cnc2[nH]cc(C(=O)NC3CCCC(C#N)C3)c2n1. The summed E-state index contributed by atoms with van der Waals surface area (Å²) in [5, 5.41) is 24.4. The van der Waals surface area contributed by atoms with E-state index in [2.05, 4.69) is 31.7 Å². The number of hydrogen-bond acceptors (Lipinski definition) is 6. The summed E-state index contributed by atoms with van der Waals surface area (Å²) < 4.78 is 0. The molecule has 3 aromatic rings. The number of carbonyl (C=O) groups excluding carboxylic acids is 1. The van der Waals surface area contributed by atoms with Crippen molar-refractivity contribution in [3.05, 3.63) is 52.4 Å². The van der Waals surface area contributed by atoms with Crippen molar-refractivity contribution >= 4 is 40.1 Å². The number of amides is 1. The zero-order valence-electron chi connectivity index (χ0n) is 17.0. The van der Waals surface area contributed by atoms with E-state index in [1.54, 1.807) is 31.4 Å². The number of aromatic amines is 1. The summed E-state index contributed by atoms with van der Waals surface area (Å²) in [6.45, 7) is 0. The van der Waals surface area contributed by atoms with E-state index >= 15 is 0 Å². The van der Waals surface area contributed by atoms with Gasteiger partial charge in [0, 0.05) is 41.5 Å². The molecule has 1 fully saturated rings. The number of benzene rings is 1. The predicted octanol–water partition coefficient (Wildman–Crippen LogP) is 3.88. The number of H-pyrrole nitrogens is 1. The van der Waals surface area contributed by atoms with Gasteiger partial charge in [0.05, 0.1) is 23.5 Å². The van der Waals surface area contributed by atoms with E-state index in [9.17, 15) is 10.1 Å². The summed E-state index contributed by atoms with van der Waals surface area (Å²) in [7, 11) is 1.76. The van der Waals surface area contributed by atoms with Gasteiger partial charge in [-0.2, -0.15) is 5.26 Å². The Balaban J connectivity index is 1.61. The molecule has 158 valence electrons. The van der Waals surface area contributed by atoms with Crippen molar-refractivity contribution in [3.8, 4) is 6.07 Å². The number of rotatable bonds is 5. The van der Waals surface area contributed by atoms with Crippen LogP contribution in [0.15, 0.2) is 30.6 Å². The third kappa shape index (κ3) is 4.23. The highest BCUT2D eigenvalue weighted by atomic mass is 35.5. The van der Waals surface area contributed by atoms with Crippen LogP contribution in [0.25, 0.3) is 11.2 Å². The lowest BCUT2D eigenvalue weighted by Gasteiger charge is -2.25. The molecular weight excluding hydrogens is 414 g/mol. The van der Waals surface area contributed by atoms with Gasteiger partial charge in [0.25, 0.3) is 5.91 Å². The molecule has 0 bridgehead atoms. The van der Waals surface area contributed by atoms with Crippen LogP contribution in [0, 0.1) is 22.7 Å². The monoisotopic (exact) mass is 435 g/mol. The van der Waals surface area contributed by atoms with Gasteiger partial charge in [-0.3, -0.25) is 10.2 Å². The van der Waals surface area contributed by atoms with Crippen LogP contribution in [-0.2, 0) is 0 Å². The van der Waals surface area contributed by atoms with Gasteiger partial charge in [-0.1, -0.05) is 18.0 Å². The predicted molar refractivity (Wildman–Crippen MR) is 120 cm³/mol. The molecule has 2 heterocycles. The lowest BCUT2D eigenvalue weighted by atomic mass is 9.86. The zero-order valence-corrected chi connectivity index (χ0v) is 17.8. The zero-order chi connectivity index (χ0) is 22.0. The first-order valence-electron chi connectivity index (χ1n) is 10.1. The number of fused-ring (bicyclic) bond motifs is 1. The van der Waals surface area contributed by atoms with Crippen LogP contribution in [0.3, 0.4) is 0 Å². The topological polar surface area (TPSA) is 130 Å². The molecule has 0 saturated heterocycles. The fourth-order valence-corrected chi connectivity index (χ4v) is 4.14. The van der Waals surface area contributed by atoms with Crippen LogP contribution in [0.1, 0.15) is 47.3 Å². The number of nitrogens with zero attached hydrogens (tertiary/aromatic N) is 3. The second-order valence-electron chi connectivity index (χ2n) is 7.63. The number of nitrogens with one attached hydrogen (secondary N) is 4. The molecule has 2 atom stereocenters. The van der Waals surface area contributed by atoms with Crippen LogP contribution in [-0.4, -0.2) is 39.7 Å². The van der Waals surface area contributed by atoms with E-state index < -0.39 is 0 Å². The van der Waals surface area contributed by atoms with Crippen molar-refractivity contribution in [3.63, 3.8) is 0 Å². The molecule has 8 nitrogen and oxygen atoms in total. The molecule has 2 unspecified atom stereocenters. The minimum Gasteiger partial charge on any atom is -0.388 e. The van der Waals surface area contributed by atoms with Crippen LogP contribution < -0.4 is 10.6 Å². The molecule has 0 radical (unpaired) electrons.